The minimum absolute atomic E-state index is 0.0605. The lowest BCUT2D eigenvalue weighted by Crippen LogP contribution is -2.37. The van der Waals surface area contributed by atoms with Gasteiger partial charge in [-0.05, 0) is 59.5 Å². The molecule has 0 aliphatic carbocycles. The van der Waals surface area contributed by atoms with Crippen LogP contribution in [0.5, 0.6) is 0 Å². The Morgan fingerprint density at radius 2 is 1.28 bits per heavy atom. The molecule has 0 bridgehead atoms. The van der Waals surface area contributed by atoms with Crippen LogP contribution in [0.15, 0.2) is 72.8 Å². The van der Waals surface area contributed by atoms with Crippen LogP contribution in [0.4, 0.5) is 15.8 Å². The highest BCUT2D eigenvalue weighted by Crippen LogP contribution is 2.28. The van der Waals surface area contributed by atoms with Gasteiger partial charge in [-0.1, -0.05) is 45.0 Å². The zero-order valence-electron chi connectivity index (χ0n) is 16.6. The third-order valence-corrected chi connectivity index (χ3v) is 4.67. The van der Waals surface area contributed by atoms with E-state index < -0.39 is 17.6 Å². The molecule has 0 spiro atoms. The van der Waals surface area contributed by atoms with Crippen molar-refractivity contribution in [3.8, 4) is 0 Å². The predicted octanol–water partition coefficient (Wildman–Crippen LogP) is 5.19. The summed E-state index contributed by atoms with van der Waals surface area (Å²) in [7, 11) is 0. The van der Waals surface area contributed by atoms with E-state index in [2.05, 4.69) is 20.8 Å². The molecule has 0 radical (unpaired) electrons. The van der Waals surface area contributed by atoms with Crippen LogP contribution in [0.25, 0.3) is 0 Å². The van der Waals surface area contributed by atoms with Gasteiger partial charge in [0.15, 0.2) is 0 Å². The predicted molar refractivity (Wildman–Crippen MR) is 114 cm³/mol. The molecule has 0 saturated carbocycles. The van der Waals surface area contributed by atoms with Gasteiger partial charge in [-0.25, -0.2) is 9.29 Å². The molecule has 4 nitrogen and oxygen atoms in total. The number of amides is 2. The number of para-hydroxylation sites is 2. The largest absolute Gasteiger partial charge is 0.397 e. The number of rotatable bonds is 3. The van der Waals surface area contributed by atoms with E-state index in [9.17, 15) is 14.0 Å². The van der Waals surface area contributed by atoms with Crippen molar-refractivity contribution in [3.63, 3.8) is 0 Å². The summed E-state index contributed by atoms with van der Waals surface area (Å²) < 4.78 is 13.3. The summed E-state index contributed by atoms with van der Waals surface area (Å²) >= 11 is 0. The Morgan fingerprint density at radius 3 is 1.76 bits per heavy atom. The molecule has 0 aliphatic heterocycles. The summed E-state index contributed by atoms with van der Waals surface area (Å²) in [5.74, 6) is -1.54. The maximum absolute atomic E-state index is 13.3. The number of carbonyl (C=O) groups is 2. The van der Waals surface area contributed by atoms with Crippen LogP contribution in [0.3, 0.4) is 0 Å². The lowest BCUT2D eigenvalue weighted by Gasteiger charge is -2.23. The minimum Gasteiger partial charge on any atom is -0.397 e. The number of halogens is 1. The number of carbonyl (C=O) groups excluding carboxylic acids is 2. The van der Waals surface area contributed by atoms with E-state index in [1.807, 2.05) is 12.1 Å². The van der Waals surface area contributed by atoms with Crippen LogP contribution >= 0.6 is 0 Å². The van der Waals surface area contributed by atoms with Crippen LogP contribution in [-0.2, 0) is 5.41 Å². The Balaban J connectivity index is 2.05. The summed E-state index contributed by atoms with van der Waals surface area (Å²) in [5.41, 5.74) is 8.19. The summed E-state index contributed by atoms with van der Waals surface area (Å²) in [6, 6.07) is 18.9. The number of imide groups is 1. The molecule has 0 saturated heterocycles. The van der Waals surface area contributed by atoms with Gasteiger partial charge in [0.25, 0.3) is 11.8 Å². The van der Waals surface area contributed by atoms with Gasteiger partial charge < -0.3 is 5.73 Å². The molecule has 0 atom stereocenters. The van der Waals surface area contributed by atoms with Crippen LogP contribution in [-0.4, -0.2) is 11.8 Å². The molecule has 0 unspecified atom stereocenters. The van der Waals surface area contributed by atoms with Gasteiger partial charge in [0.1, 0.15) is 5.82 Å². The molecular formula is C24H23FN2O2. The summed E-state index contributed by atoms with van der Waals surface area (Å²) in [5, 5.41) is 0. The molecule has 0 aromatic heterocycles. The van der Waals surface area contributed by atoms with Gasteiger partial charge in [0, 0.05) is 11.1 Å². The average molecular weight is 390 g/mol. The van der Waals surface area contributed by atoms with E-state index >= 15 is 0 Å². The summed E-state index contributed by atoms with van der Waals surface area (Å²) in [4.78, 5) is 27.5. The smallest absolute Gasteiger partial charge is 0.265 e. The molecule has 5 heteroatoms. The van der Waals surface area contributed by atoms with Gasteiger partial charge in [-0.2, -0.15) is 0 Å². The second-order valence-corrected chi connectivity index (χ2v) is 7.84. The van der Waals surface area contributed by atoms with E-state index in [1.54, 1.807) is 36.4 Å². The Kier molecular flexibility index (Phi) is 5.50. The van der Waals surface area contributed by atoms with Crippen LogP contribution in [0, 0.1) is 5.82 Å². The van der Waals surface area contributed by atoms with E-state index in [-0.39, 0.29) is 16.7 Å². The van der Waals surface area contributed by atoms with Gasteiger partial charge in [0.05, 0.1) is 11.4 Å². The van der Waals surface area contributed by atoms with Crippen molar-refractivity contribution in [3.05, 3.63) is 95.3 Å². The molecule has 148 valence electrons. The zero-order chi connectivity index (χ0) is 21.2. The lowest BCUT2D eigenvalue weighted by molar-refractivity contribution is 0.0897. The maximum atomic E-state index is 13.3. The Hall–Kier alpha value is -3.47. The molecule has 29 heavy (non-hydrogen) atoms. The molecule has 3 aromatic rings. The fourth-order valence-electron chi connectivity index (χ4n) is 2.97. The van der Waals surface area contributed by atoms with Crippen LogP contribution < -0.4 is 10.6 Å². The number of anilines is 2. The fraction of sp³-hybridized carbons (Fsp3) is 0.167. The summed E-state index contributed by atoms with van der Waals surface area (Å²) in [6.45, 7) is 6.25. The van der Waals surface area contributed by atoms with Gasteiger partial charge in [-0.15, -0.1) is 0 Å². The number of nitrogen functional groups attached to an aromatic ring is 1. The Labute approximate surface area is 169 Å². The molecule has 3 rings (SSSR count). The number of nitrogens with zero attached hydrogens (tertiary/aromatic N) is 1. The normalized spacial score (nSPS) is 11.2. The summed E-state index contributed by atoms with van der Waals surface area (Å²) in [6.07, 6.45) is 0. The average Bonchev–Trinajstić information content (AvgIpc) is 2.69. The first-order valence-electron chi connectivity index (χ1n) is 9.28. The van der Waals surface area contributed by atoms with Crippen molar-refractivity contribution in [2.24, 2.45) is 0 Å². The molecule has 2 N–H and O–H groups in total. The number of benzene rings is 3. The molecule has 3 aromatic carbocycles. The van der Waals surface area contributed by atoms with Gasteiger partial charge in [0.2, 0.25) is 0 Å². The van der Waals surface area contributed by atoms with Crippen molar-refractivity contribution in [2.45, 2.75) is 26.2 Å². The van der Waals surface area contributed by atoms with Crippen LogP contribution in [0.2, 0.25) is 0 Å². The third-order valence-electron chi connectivity index (χ3n) is 4.67. The Morgan fingerprint density at radius 1 is 0.793 bits per heavy atom. The van der Waals surface area contributed by atoms with Gasteiger partial charge in [-0.3, -0.25) is 9.59 Å². The van der Waals surface area contributed by atoms with Crippen molar-refractivity contribution in [1.82, 2.24) is 0 Å². The van der Waals surface area contributed by atoms with Gasteiger partial charge >= 0.3 is 0 Å². The topological polar surface area (TPSA) is 63.4 Å². The first kappa shape index (κ1) is 20.3. The fourth-order valence-corrected chi connectivity index (χ4v) is 2.97. The maximum Gasteiger partial charge on any atom is 0.265 e. The van der Waals surface area contributed by atoms with Crippen molar-refractivity contribution in [2.75, 3.05) is 10.6 Å². The quantitative estimate of drug-likeness (QED) is 0.494. The number of hydrogen-bond donors (Lipinski definition) is 1. The highest BCUT2D eigenvalue weighted by atomic mass is 19.1. The first-order chi connectivity index (χ1) is 13.7. The molecule has 0 fully saturated rings. The number of nitrogens with two attached hydrogens (primary N) is 1. The number of hydrogen-bond acceptors (Lipinski definition) is 3. The van der Waals surface area contributed by atoms with E-state index in [0.29, 0.717) is 11.3 Å². The van der Waals surface area contributed by atoms with Crippen LogP contribution in [0.1, 0.15) is 47.1 Å². The lowest BCUT2D eigenvalue weighted by atomic mass is 9.86. The van der Waals surface area contributed by atoms with Crippen molar-refractivity contribution in [1.29, 1.82) is 0 Å². The highest BCUT2D eigenvalue weighted by Gasteiger charge is 2.28. The standard InChI is InChI=1S/C24H23FN2O2/c1-24(2,3)18-12-8-16(9-13-18)22(28)27(21-7-5-4-6-20(21)26)23(29)17-10-14-19(25)15-11-17/h4-15H,26H2,1-3H3. The molecule has 2 amide bonds. The second-order valence-electron chi connectivity index (χ2n) is 7.84. The zero-order valence-corrected chi connectivity index (χ0v) is 16.6. The highest BCUT2D eigenvalue weighted by molar-refractivity contribution is 6.26. The second kappa shape index (κ2) is 7.87. The SMILES string of the molecule is CC(C)(C)c1ccc(C(=O)N(C(=O)c2ccc(F)cc2)c2ccccc2N)cc1. The first-order valence-corrected chi connectivity index (χ1v) is 9.28. The third kappa shape index (κ3) is 4.35. The molecule has 0 heterocycles. The van der Waals surface area contributed by atoms with Crippen molar-refractivity contribution >= 4 is 23.2 Å². The van der Waals surface area contributed by atoms with Crippen molar-refractivity contribution < 1.29 is 14.0 Å². The molecule has 0 aliphatic rings. The molecular weight excluding hydrogens is 367 g/mol. The van der Waals surface area contributed by atoms with E-state index in [1.165, 1.54) is 24.3 Å². The van der Waals surface area contributed by atoms with E-state index in [4.69, 9.17) is 5.73 Å². The minimum atomic E-state index is -0.576. The van der Waals surface area contributed by atoms with E-state index in [0.717, 1.165) is 10.5 Å². The Bertz CT molecular complexity index is 1040. The monoisotopic (exact) mass is 390 g/mol.